The van der Waals surface area contributed by atoms with E-state index in [0.29, 0.717) is 18.5 Å². The molecule has 1 rings (SSSR count). The van der Waals surface area contributed by atoms with Crippen molar-refractivity contribution >= 4 is 17.7 Å². The predicted molar refractivity (Wildman–Crippen MR) is 70.6 cm³/mol. The first-order valence-electron chi connectivity index (χ1n) is 6.18. The molecule has 0 aromatic carbocycles. The van der Waals surface area contributed by atoms with E-state index in [9.17, 15) is 4.79 Å². The van der Waals surface area contributed by atoms with Gasteiger partial charge >= 0.3 is 0 Å². The van der Waals surface area contributed by atoms with E-state index >= 15 is 0 Å². The van der Waals surface area contributed by atoms with Crippen LogP contribution < -0.4 is 5.32 Å². The topological polar surface area (TPSA) is 32.3 Å². The SMILES string of the molecule is CCSCC(C)N1C(=O)CNC1CC(C)C. The predicted octanol–water partition coefficient (Wildman–Crippen LogP) is 1.93. The van der Waals surface area contributed by atoms with Gasteiger partial charge in [-0.1, -0.05) is 20.8 Å². The molecule has 0 spiro atoms. The molecule has 0 saturated carbocycles. The highest BCUT2D eigenvalue weighted by molar-refractivity contribution is 7.99. The van der Waals surface area contributed by atoms with Crippen LogP contribution in [0.2, 0.25) is 0 Å². The van der Waals surface area contributed by atoms with E-state index in [1.807, 2.05) is 16.7 Å². The zero-order chi connectivity index (χ0) is 12.1. The molecule has 0 aromatic rings. The fourth-order valence-electron chi connectivity index (χ4n) is 2.13. The van der Waals surface area contributed by atoms with Gasteiger partial charge in [0.1, 0.15) is 0 Å². The van der Waals surface area contributed by atoms with Crippen LogP contribution in [-0.4, -0.2) is 41.1 Å². The lowest BCUT2D eigenvalue weighted by Crippen LogP contribution is -2.45. The molecular formula is C12H24N2OS. The second-order valence-corrected chi connectivity index (χ2v) is 6.15. The fourth-order valence-corrected chi connectivity index (χ4v) is 2.87. The van der Waals surface area contributed by atoms with Gasteiger partial charge in [-0.25, -0.2) is 0 Å². The van der Waals surface area contributed by atoms with E-state index in [-0.39, 0.29) is 12.1 Å². The smallest absolute Gasteiger partial charge is 0.238 e. The number of carbonyl (C=O) groups is 1. The molecule has 1 heterocycles. The largest absolute Gasteiger partial charge is 0.323 e. The second kappa shape index (κ2) is 6.50. The van der Waals surface area contributed by atoms with Crippen molar-refractivity contribution in [2.45, 2.75) is 46.3 Å². The van der Waals surface area contributed by atoms with Crippen LogP contribution in [0.5, 0.6) is 0 Å². The molecule has 4 heteroatoms. The fraction of sp³-hybridized carbons (Fsp3) is 0.917. The summed E-state index contributed by atoms with van der Waals surface area (Å²) in [6.07, 6.45) is 1.30. The van der Waals surface area contributed by atoms with E-state index in [1.54, 1.807) is 0 Å². The van der Waals surface area contributed by atoms with Gasteiger partial charge in [0.2, 0.25) is 5.91 Å². The van der Waals surface area contributed by atoms with E-state index in [0.717, 1.165) is 17.9 Å². The van der Waals surface area contributed by atoms with Crippen molar-refractivity contribution in [2.24, 2.45) is 5.92 Å². The van der Waals surface area contributed by atoms with Crippen molar-refractivity contribution in [1.29, 1.82) is 0 Å². The van der Waals surface area contributed by atoms with Crippen molar-refractivity contribution in [3.8, 4) is 0 Å². The van der Waals surface area contributed by atoms with Gasteiger partial charge in [-0.3, -0.25) is 10.1 Å². The summed E-state index contributed by atoms with van der Waals surface area (Å²) in [4.78, 5) is 13.9. The average Bonchev–Trinajstić information content (AvgIpc) is 2.55. The third kappa shape index (κ3) is 3.67. The summed E-state index contributed by atoms with van der Waals surface area (Å²) in [6, 6.07) is 0.344. The molecule has 1 aliphatic rings. The van der Waals surface area contributed by atoms with Gasteiger partial charge in [0, 0.05) is 11.8 Å². The molecule has 94 valence electrons. The first-order chi connectivity index (χ1) is 7.56. The highest BCUT2D eigenvalue weighted by atomic mass is 32.2. The molecule has 1 fully saturated rings. The van der Waals surface area contributed by atoms with Gasteiger partial charge in [-0.05, 0) is 25.0 Å². The summed E-state index contributed by atoms with van der Waals surface area (Å²) in [6.45, 7) is 9.23. The Hall–Kier alpha value is -0.220. The van der Waals surface area contributed by atoms with E-state index < -0.39 is 0 Å². The van der Waals surface area contributed by atoms with Gasteiger partial charge in [-0.2, -0.15) is 11.8 Å². The van der Waals surface area contributed by atoms with Crippen molar-refractivity contribution < 1.29 is 4.79 Å². The van der Waals surface area contributed by atoms with E-state index in [4.69, 9.17) is 0 Å². The number of hydrogen-bond acceptors (Lipinski definition) is 3. The van der Waals surface area contributed by atoms with Gasteiger partial charge in [0.15, 0.2) is 0 Å². The van der Waals surface area contributed by atoms with E-state index in [1.165, 1.54) is 0 Å². The minimum absolute atomic E-state index is 0.250. The molecule has 0 bridgehead atoms. The zero-order valence-corrected chi connectivity index (χ0v) is 11.6. The number of amides is 1. The van der Waals surface area contributed by atoms with Gasteiger partial charge in [-0.15, -0.1) is 0 Å². The van der Waals surface area contributed by atoms with Crippen molar-refractivity contribution in [3.63, 3.8) is 0 Å². The maximum absolute atomic E-state index is 11.8. The van der Waals surface area contributed by atoms with Crippen molar-refractivity contribution in [3.05, 3.63) is 0 Å². The Morgan fingerprint density at radius 2 is 2.19 bits per heavy atom. The summed E-state index contributed by atoms with van der Waals surface area (Å²) in [5, 5.41) is 3.31. The molecule has 2 atom stereocenters. The van der Waals surface area contributed by atoms with Crippen LogP contribution in [0, 0.1) is 5.92 Å². The van der Waals surface area contributed by atoms with Crippen LogP contribution in [0.15, 0.2) is 0 Å². The summed E-state index contributed by atoms with van der Waals surface area (Å²) < 4.78 is 0. The number of rotatable bonds is 6. The molecule has 1 amide bonds. The maximum Gasteiger partial charge on any atom is 0.238 e. The molecule has 2 unspecified atom stereocenters. The molecular weight excluding hydrogens is 220 g/mol. The Morgan fingerprint density at radius 3 is 2.75 bits per heavy atom. The van der Waals surface area contributed by atoms with E-state index in [2.05, 4.69) is 33.0 Å². The summed E-state index contributed by atoms with van der Waals surface area (Å²) in [5.41, 5.74) is 0. The van der Waals surface area contributed by atoms with Gasteiger partial charge in [0.05, 0.1) is 12.7 Å². The number of nitrogens with one attached hydrogen (secondary N) is 1. The maximum atomic E-state index is 11.8. The first-order valence-corrected chi connectivity index (χ1v) is 7.34. The summed E-state index contributed by atoms with van der Waals surface area (Å²) >= 11 is 1.90. The minimum atomic E-state index is 0.250. The summed E-state index contributed by atoms with van der Waals surface area (Å²) in [5.74, 6) is 3.04. The third-order valence-corrected chi connectivity index (χ3v) is 3.97. The lowest BCUT2D eigenvalue weighted by molar-refractivity contribution is -0.129. The van der Waals surface area contributed by atoms with Crippen LogP contribution in [0.3, 0.4) is 0 Å². The normalized spacial score (nSPS) is 23.2. The van der Waals surface area contributed by atoms with Crippen LogP contribution in [0.1, 0.15) is 34.1 Å². The highest BCUT2D eigenvalue weighted by Gasteiger charge is 2.33. The monoisotopic (exact) mass is 244 g/mol. The van der Waals surface area contributed by atoms with Crippen LogP contribution in [-0.2, 0) is 4.79 Å². The zero-order valence-electron chi connectivity index (χ0n) is 10.8. The highest BCUT2D eigenvalue weighted by Crippen LogP contribution is 2.19. The molecule has 16 heavy (non-hydrogen) atoms. The lowest BCUT2D eigenvalue weighted by atomic mass is 10.1. The van der Waals surface area contributed by atoms with Crippen molar-refractivity contribution in [1.82, 2.24) is 10.2 Å². The lowest BCUT2D eigenvalue weighted by Gasteiger charge is -2.31. The Kier molecular flexibility index (Phi) is 5.62. The molecule has 0 aromatic heterocycles. The minimum Gasteiger partial charge on any atom is -0.323 e. The Bertz CT molecular complexity index is 233. The number of nitrogens with zero attached hydrogens (tertiary/aromatic N) is 1. The molecule has 1 saturated heterocycles. The van der Waals surface area contributed by atoms with Crippen LogP contribution in [0.25, 0.3) is 0 Å². The quantitative estimate of drug-likeness (QED) is 0.775. The Labute approximate surface area is 103 Å². The second-order valence-electron chi connectivity index (χ2n) is 4.84. The molecule has 3 nitrogen and oxygen atoms in total. The summed E-state index contributed by atoms with van der Waals surface area (Å²) in [7, 11) is 0. The third-order valence-electron chi connectivity index (χ3n) is 2.85. The Balaban J connectivity index is 2.54. The Morgan fingerprint density at radius 1 is 1.50 bits per heavy atom. The molecule has 0 aliphatic carbocycles. The van der Waals surface area contributed by atoms with Crippen molar-refractivity contribution in [2.75, 3.05) is 18.1 Å². The molecule has 1 N–H and O–H groups in total. The standard InChI is InChI=1S/C12H24N2OS/c1-5-16-8-10(4)14-11(6-9(2)3)13-7-12(14)15/h9-11,13H,5-8H2,1-4H3. The molecule has 0 radical (unpaired) electrons. The van der Waals surface area contributed by atoms with Gasteiger partial charge < -0.3 is 4.90 Å². The first kappa shape index (κ1) is 13.8. The van der Waals surface area contributed by atoms with Gasteiger partial charge in [0.25, 0.3) is 0 Å². The number of hydrogen-bond donors (Lipinski definition) is 1. The van der Waals surface area contributed by atoms with Crippen LogP contribution >= 0.6 is 11.8 Å². The molecule has 1 aliphatic heterocycles. The number of thioether (sulfide) groups is 1. The average molecular weight is 244 g/mol. The number of carbonyl (C=O) groups excluding carboxylic acids is 1. The van der Waals surface area contributed by atoms with Crippen LogP contribution in [0.4, 0.5) is 0 Å².